The summed E-state index contributed by atoms with van der Waals surface area (Å²) in [5.74, 6) is 0.511. The van der Waals surface area contributed by atoms with Gasteiger partial charge in [0.15, 0.2) is 11.5 Å². The van der Waals surface area contributed by atoms with Gasteiger partial charge in [-0.05, 0) is 35.9 Å². The fraction of sp³-hybridized carbons (Fsp3) is 0. The first kappa shape index (κ1) is 12.7. The zero-order chi connectivity index (χ0) is 15.1. The van der Waals surface area contributed by atoms with Crippen LogP contribution in [-0.2, 0) is 0 Å². The Morgan fingerprint density at radius 2 is 1.91 bits per heavy atom. The molecule has 0 amide bonds. The lowest BCUT2D eigenvalue weighted by Crippen LogP contribution is -1.94. The summed E-state index contributed by atoms with van der Waals surface area (Å²) in [5, 5.41) is 14.5. The zero-order valence-corrected chi connectivity index (χ0v) is 12.0. The number of halogens is 1. The molecule has 0 aliphatic rings. The second-order valence-electron chi connectivity index (χ2n) is 4.76. The van der Waals surface area contributed by atoms with E-state index in [0.717, 1.165) is 16.5 Å². The van der Waals surface area contributed by atoms with Crippen LogP contribution in [0.3, 0.4) is 0 Å². The maximum Gasteiger partial charge on any atom is 0.226 e. The van der Waals surface area contributed by atoms with Crippen LogP contribution in [0.25, 0.3) is 27.9 Å². The zero-order valence-electron chi connectivity index (χ0n) is 11.2. The summed E-state index contributed by atoms with van der Waals surface area (Å²) in [7, 11) is 0. The Balaban J connectivity index is 2.03. The maximum absolute atomic E-state index is 9.01. The van der Waals surface area contributed by atoms with E-state index in [1.807, 2.05) is 30.3 Å². The molecule has 2 aromatic carbocycles. The van der Waals surface area contributed by atoms with E-state index in [9.17, 15) is 0 Å². The van der Waals surface area contributed by atoms with Gasteiger partial charge in [0.2, 0.25) is 5.28 Å². The average Bonchev–Trinajstić information content (AvgIpc) is 3.01. The molecule has 0 radical (unpaired) electrons. The average molecular weight is 306 g/mol. The fourth-order valence-corrected chi connectivity index (χ4v) is 2.58. The Morgan fingerprint density at radius 3 is 2.77 bits per heavy atom. The minimum Gasteiger partial charge on any atom is -0.218 e. The van der Waals surface area contributed by atoms with Crippen molar-refractivity contribution < 1.29 is 0 Å². The molecular weight excluding hydrogens is 298 g/mol. The van der Waals surface area contributed by atoms with Crippen molar-refractivity contribution in [3.05, 3.63) is 59.4 Å². The SMILES string of the molecule is N#Cc1cccc(-c2nc3c4ccccc4nc(Cl)n3n2)c1. The molecule has 0 aliphatic carbocycles. The van der Waals surface area contributed by atoms with Crippen molar-refractivity contribution >= 4 is 28.2 Å². The molecule has 0 atom stereocenters. The van der Waals surface area contributed by atoms with Crippen LogP contribution < -0.4 is 0 Å². The molecule has 0 bridgehead atoms. The molecule has 6 heteroatoms. The predicted molar refractivity (Wildman–Crippen MR) is 83.4 cm³/mol. The molecule has 4 rings (SSSR count). The lowest BCUT2D eigenvalue weighted by Gasteiger charge is -1.99. The Hall–Kier alpha value is -2.97. The number of nitrogens with zero attached hydrogens (tertiary/aromatic N) is 5. The van der Waals surface area contributed by atoms with Crippen LogP contribution >= 0.6 is 11.6 Å². The third kappa shape index (κ3) is 1.90. The monoisotopic (exact) mass is 305 g/mol. The Kier molecular flexibility index (Phi) is 2.78. The largest absolute Gasteiger partial charge is 0.226 e. The molecule has 0 unspecified atom stereocenters. The fourth-order valence-electron chi connectivity index (χ4n) is 2.37. The number of para-hydroxylation sites is 1. The molecule has 0 saturated carbocycles. The third-order valence-corrected chi connectivity index (χ3v) is 3.63. The van der Waals surface area contributed by atoms with Crippen molar-refractivity contribution in [3.8, 4) is 17.5 Å². The van der Waals surface area contributed by atoms with Crippen molar-refractivity contribution in [2.24, 2.45) is 0 Å². The molecule has 2 heterocycles. The molecule has 0 saturated heterocycles. The maximum atomic E-state index is 9.01. The minimum atomic E-state index is 0.254. The quantitative estimate of drug-likeness (QED) is 0.505. The van der Waals surface area contributed by atoms with Crippen molar-refractivity contribution in [2.45, 2.75) is 0 Å². The summed E-state index contributed by atoms with van der Waals surface area (Å²) < 4.78 is 1.51. The summed E-state index contributed by atoms with van der Waals surface area (Å²) in [4.78, 5) is 8.88. The highest BCUT2D eigenvalue weighted by molar-refractivity contribution is 6.29. The molecule has 104 valence electrons. The van der Waals surface area contributed by atoms with Crippen molar-refractivity contribution in [2.75, 3.05) is 0 Å². The first-order chi connectivity index (χ1) is 10.8. The molecule has 0 N–H and O–H groups in total. The topological polar surface area (TPSA) is 66.9 Å². The van der Waals surface area contributed by atoms with E-state index >= 15 is 0 Å². The highest BCUT2D eigenvalue weighted by Crippen LogP contribution is 2.24. The molecule has 0 spiro atoms. The van der Waals surface area contributed by atoms with E-state index in [-0.39, 0.29) is 5.28 Å². The van der Waals surface area contributed by atoms with Crippen LogP contribution in [-0.4, -0.2) is 19.6 Å². The van der Waals surface area contributed by atoms with Gasteiger partial charge in [0.1, 0.15) is 0 Å². The summed E-state index contributed by atoms with van der Waals surface area (Å²) >= 11 is 6.19. The van der Waals surface area contributed by atoms with E-state index in [0.29, 0.717) is 17.0 Å². The van der Waals surface area contributed by atoms with Crippen molar-refractivity contribution in [3.63, 3.8) is 0 Å². The van der Waals surface area contributed by atoms with Gasteiger partial charge in [-0.15, -0.1) is 5.10 Å². The van der Waals surface area contributed by atoms with E-state index in [2.05, 4.69) is 21.1 Å². The van der Waals surface area contributed by atoms with Gasteiger partial charge in [-0.25, -0.2) is 9.97 Å². The first-order valence-electron chi connectivity index (χ1n) is 6.58. The lowest BCUT2D eigenvalue weighted by molar-refractivity contribution is 0.939. The van der Waals surface area contributed by atoms with Gasteiger partial charge in [-0.1, -0.05) is 24.3 Å². The lowest BCUT2D eigenvalue weighted by atomic mass is 10.1. The molecule has 5 nitrogen and oxygen atoms in total. The van der Waals surface area contributed by atoms with Gasteiger partial charge in [-0.2, -0.15) is 9.78 Å². The van der Waals surface area contributed by atoms with E-state index in [4.69, 9.17) is 16.9 Å². The molecule has 4 aromatic rings. The van der Waals surface area contributed by atoms with Crippen LogP contribution in [0.4, 0.5) is 0 Å². The summed E-state index contributed by atoms with van der Waals surface area (Å²) in [6, 6.07) is 16.9. The molecule has 2 aromatic heterocycles. The van der Waals surface area contributed by atoms with E-state index < -0.39 is 0 Å². The van der Waals surface area contributed by atoms with Crippen molar-refractivity contribution in [1.29, 1.82) is 5.26 Å². The highest BCUT2D eigenvalue weighted by Gasteiger charge is 2.13. The third-order valence-electron chi connectivity index (χ3n) is 3.39. The Morgan fingerprint density at radius 1 is 1.05 bits per heavy atom. The van der Waals surface area contributed by atoms with E-state index in [1.54, 1.807) is 18.2 Å². The van der Waals surface area contributed by atoms with Gasteiger partial charge in [0.25, 0.3) is 0 Å². The van der Waals surface area contributed by atoms with Crippen LogP contribution in [0, 0.1) is 11.3 Å². The normalized spacial score (nSPS) is 10.9. The number of fused-ring (bicyclic) bond motifs is 3. The summed E-state index contributed by atoms with van der Waals surface area (Å²) in [5.41, 5.74) is 2.74. The van der Waals surface area contributed by atoms with E-state index in [1.165, 1.54) is 4.52 Å². The number of benzene rings is 2. The number of hydrogen-bond acceptors (Lipinski definition) is 4. The Labute approximate surface area is 130 Å². The number of aromatic nitrogens is 4. The summed E-state index contributed by atoms with van der Waals surface area (Å²) in [6.45, 7) is 0. The molecule has 22 heavy (non-hydrogen) atoms. The van der Waals surface area contributed by atoms with Crippen LogP contribution in [0.15, 0.2) is 48.5 Å². The van der Waals surface area contributed by atoms with Gasteiger partial charge in [0, 0.05) is 10.9 Å². The number of nitriles is 1. The number of hydrogen-bond donors (Lipinski definition) is 0. The molecule has 0 fully saturated rings. The van der Waals surface area contributed by atoms with Gasteiger partial charge >= 0.3 is 0 Å². The van der Waals surface area contributed by atoms with Crippen LogP contribution in [0.1, 0.15) is 5.56 Å². The van der Waals surface area contributed by atoms with Gasteiger partial charge in [0.05, 0.1) is 17.1 Å². The standard InChI is InChI=1S/C16H8ClN5/c17-16-19-13-7-2-1-6-12(13)15-20-14(21-22(15)16)11-5-3-4-10(8-11)9-18/h1-8H. The summed E-state index contributed by atoms with van der Waals surface area (Å²) in [6.07, 6.45) is 0. The predicted octanol–water partition coefficient (Wildman–Crippen LogP) is 3.47. The first-order valence-corrected chi connectivity index (χ1v) is 6.95. The number of rotatable bonds is 1. The van der Waals surface area contributed by atoms with Crippen molar-refractivity contribution in [1.82, 2.24) is 19.6 Å². The highest BCUT2D eigenvalue weighted by atomic mass is 35.5. The van der Waals surface area contributed by atoms with Crippen LogP contribution in [0.2, 0.25) is 5.28 Å². The second kappa shape index (κ2) is 4.79. The molecular formula is C16H8ClN5. The Bertz CT molecular complexity index is 1060. The van der Waals surface area contributed by atoms with Gasteiger partial charge in [-0.3, -0.25) is 0 Å². The minimum absolute atomic E-state index is 0.254. The smallest absolute Gasteiger partial charge is 0.218 e. The van der Waals surface area contributed by atoms with Gasteiger partial charge < -0.3 is 0 Å². The molecule has 0 aliphatic heterocycles. The van der Waals surface area contributed by atoms with Crippen LogP contribution in [0.5, 0.6) is 0 Å². The second-order valence-corrected chi connectivity index (χ2v) is 5.10.